The predicted octanol–water partition coefficient (Wildman–Crippen LogP) is 6.32. The molecule has 3 aromatic carbocycles. The number of amides is 1. The number of nitrogens with one attached hydrogen (secondary N) is 2. The van der Waals surface area contributed by atoms with Crippen LogP contribution in [0.25, 0.3) is 0 Å². The molecule has 1 amide bonds. The summed E-state index contributed by atoms with van der Waals surface area (Å²) in [6.07, 6.45) is 0.811. The minimum absolute atomic E-state index is 0.0246. The standard InChI is InChI=1S/C22H19Cl3N2O2/c23-18-12-20(25)21(13-19(18)24)26-14-22(28)27-16-7-4-8-17(11-16)29-10-9-15-5-2-1-3-6-15/h1-8,11-13,26H,9-10,14H2,(H,27,28). The summed E-state index contributed by atoms with van der Waals surface area (Å²) in [7, 11) is 0. The summed E-state index contributed by atoms with van der Waals surface area (Å²) in [6.45, 7) is 0.579. The Labute approximate surface area is 184 Å². The second-order valence-electron chi connectivity index (χ2n) is 6.26. The molecule has 0 fully saturated rings. The quantitative estimate of drug-likeness (QED) is 0.396. The zero-order valence-corrected chi connectivity index (χ0v) is 17.7. The van der Waals surface area contributed by atoms with Crippen LogP contribution in [-0.4, -0.2) is 19.1 Å². The second-order valence-corrected chi connectivity index (χ2v) is 7.48. The second kappa shape index (κ2) is 10.4. The van der Waals surface area contributed by atoms with Gasteiger partial charge in [0.15, 0.2) is 0 Å². The fourth-order valence-corrected chi connectivity index (χ4v) is 3.25. The fraction of sp³-hybridized carbons (Fsp3) is 0.136. The number of halogens is 3. The fourth-order valence-electron chi connectivity index (χ4n) is 2.63. The van der Waals surface area contributed by atoms with Gasteiger partial charge in [0.2, 0.25) is 5.91 Å². The lowest BCUT2D eigenvalue weighted by Gasteiger charge is -2.11. The number of ether oxygens (including phenoxy) is 1. The molecule has 0 spiro atoms. The van der Waals surface area contributed by atoms with Crippen molar-refractivity contribution in [3.63, 3.8) is 0 Å². The first kappa shape index (κ1) is 21.3. The molecule has 7 heteroatoms. The van der Waals surface area contributed by atoms with Gasteiger partial charge >= 0.3 is 0 Å². The van der Waals surface area contributed by atoms with Crippen molar-refractivity contribution in [3.8, 4) is 5.75 Å². The van der Waals surface area contributed by atoms with Crippen molar-refractivity contribution in [1.29, 1.82) is 0 Å². The first-order chi connectivity index (χ1) is 14.0. The van der Waals surface area contributed by atoms with E-state index >= 15 is 0 Å². The van der Waals surface area contributed by atoms with Crippen LogP contribution in [0, 0.1) is 0 Å². The first-order valence-electron chi connectivity index (χ1n) is 8.96. The molecule has 0 saturated carbocycles. The van der Waals surface area contributed by atoms with E-state index in [9.17, 15) is 4.79 Å². The Hall–Kier alpha value is -2.40. The van der Waals surface area contributed by atoms with E-state index in [-0.39, 0.29) is 12.5 Å². The van der Waals surface area contributed by atoms with E-state index in [0.29, 0.717) is 38.8 Å². The molecule has 150 valence electrons. The largest absolute Gasteiger partial charge is 0.493 e. The molecule has 0 aliphatic rings. The van der Waals surface area contributed by atoms with Crippen LogP contribution in [0.1, 0.15) is 5.56 Å². The average molecular weight is 450 g/mol. The summed E-state index contributed by atoms with van der Waals surface area (Å²) >= 11 is 18.0. The molecule has 29 heavy (non-hydrogen) atoms. The highest BCUT2D eigenvalue weighted by Gasteiger charge is 2.08. The van der Waals surface area contributed by atoms with E-state index in [1.807, 2.05) is 30.3 Å². The minimum atomic E-state index is -0.228. The highest BCUT2D eigenvalue weighted by Crippen LogP contribution is 2.32. The summed E-state index contributed by atoms with van der Waals surface area (Å²) in [5.41, 5.74) is 2.40. The van der Waals surface area contributed by atoms with Gasteiger partial charge in [-0.05, 0) is 29.8 Å². The Bertz CT molecular complexity index is 981. The van der Waals surface area contributed by atoms with Gasteiger partial charge in [0, 0.05) is 18.2 Å². The number of benzene rings is 3. The Morgan fingerprint density at radius 1 is 0.862 bits per heavy atom. The van der Waals surface area contributed by atoms with Gasteiger partial charge in [-0.1, -0.05) is 71.2 Å². The van der Waals surface area contributed by atoms with Gasteiger partial charge in [0.05, 0.1) is 33.9 Å². The molecule has 0 atom stereocenters. The van der Waals surface area contributed by atoms with Crippen molar-refractivity contribution in [2.45, 2.75) is 6.42 Å². The molecular weight excluding hydrogens is 431 g/mol. The average Bonchev–Trinajstić information content (AvgIpc) is 2.71. The molecule has 3 rings (SSSR count). The number of carbonyl (C=O) groups is 1. The highest BCUT2D eigenvalue weighted by molar-refractivity contribution is 6.44. The lowest BCUT2D eigenvalue weighted by Crippen LogP contribution is -2.21. The van der Waals surface area contributed by atoms with E-state index < -0.39 is 0 Å². The summed E-state index contributed by atoms with van der Waals surface area (Å²) in [5, 5.41) is 6.88. The van der Waals surface area contributed by atoms with Gasteiger partial charge in [-0.25, -0.2) is 0 Å². The maximum atomic E-state index is 12.2. The third-order valence-electron chi connectivity index (χ3n) is 4.07. The molecule has 0 radical (unpaired) electrons. The Balaban J connectivity index is 1.50. The van der Waals surface area contributed by atoms with Gasteiger partial charge in [0.25, 0.3) is 0 Å². The van der Waals surface area contributed by atoms with E-state index in [4.69, 9.17) is 39.5 Å². The Morgan fingerprint density at radius 2 is 1.62 bits per heavy atom. The molecular formula is C22H19Cl3N2O2. The molecule has 0 aliphatic heterocycles. The number of hydrogen-bond acceptors (Lipinski definition) is 3. The van der Waals surface area contributed by atoms with Gasteiger partial charge < -0.3 is 15.4 Å². The van der Waals surface area contributed by atoms with Crippen LogP contribution >= 0.6 is 34.8 Å². The van der Waals surface area contributed by atoms with Crippen LogP contribution in [0.3, 0.4) is 0 Å². The SMILES string of the molecule is O=C(CNc1cc(Cl)c(Cl)cc1Cl)Nc1cccc(OCCc2ccccc2)c1. The van der Waals surface area contributed by atoms with Crippen LogP contribution in [0.15, 0.2) is 66.7 Å². The lowest BCUT2D eigenvalue weighted by atomic mass is 10.2. The monoisotopic (exact) mass is 448 g/mol. The summed E-state index contributed by atoms with van der Waals surface area (Å²) in [5.74, 6) is 0.466. The minimum Gasteiger partial charge on any atom is -0.493 e. The highest BCUT2D eigenvalue weighted by atomic mass is 35.5. The maximum Gasteiger partial charge on any atom is 0.243 e. The summed E-state index contributed by atoms with van der Waals surface area (Å²) in [6, 6.07) is 20.5. The zero-order chi connectivity index (χ0) is 20.6. The molecule has 3 aromatic rings. The van der Waals surface area contributed by atoms with Crippen LogP contribution in [0.2, 0.25) is 15.1 Å². The third-order valence-corrected chi connectivity index (χ3v) is 5.10. The van der Waals surface area contributed by atoms with E-state index in [1.54, 1.807) is 18.2 Å². The smallest absolute Gasteiger partial charge is 0.243 e. The zero-order valence-electron chi connectivity index (χ0n) is 15.4. The van der Waals surface area contributed by atoms with Crippen molar-refractivity contribution in [2.24, 2.45) is 0 Å². The molecule has 0 heterocycles. The lowest BCUT2D eigenvalue weighted by molar-refractivity contribution is -0.114. The van der Waals surface area contributed by atoms with E-state index in [2.05, 4.69) is 22.8 Å². The Kier molecular flexibility index (Phi) is 7.64. The molecule has 4 nitrogen and oxygen atoms in total. The number of rotatable bonds is 8. The topological polar surface area (TPSA) is 50.4 Å². The summed E-state index contributed by atoms with van der Waals surface area (Å²) in [4.78, 5) is 12.2. The molecule has 0 unspecified atom stereocenters. The third kappa shape index (κ3) is 6.57. The van der Waals surface area contributed by atoms with Crippen molar-refractivity contribution in [3.05, 3.63) is 87.4 Å². The van der Waals surface area contributed by atoms with Gasteiger partial charge in [-0.2, -0.15) is 0 Å². The number of anilines is 2. The van der Waals surface area contributed by atoms with Gasteiger partial charge in [-0.15, -0.1) is 0 Å². The van der Waals surface area contributed by atoms with Crippen molar-refractivity contribution < 1.29 is 9.53 Å². The molecule has 0 aromatic heterocycles. The molecule has 0 saturated heterocycles. The predicted molar refractivity (Wildman–Crippen MR) is 121 cm³/mol. The van der Waals surface area contributed by atoms with Crippen molar-refractivity contribution >= 4 is 52.1 Å². The maximum absolute atomic E-state index is 12.2. The molecule has 0 aliphatic carbocycles. The normalized spacial score (nSPS) is 10.4. The van der Waals surface area contributed by atoms with Crippen molar-refractivity contribution in [2.75, 3.05) is 23.8 Å². The van der Waals surface area contributed by atoms with Gasteiger partial charge in [0.1, 0.15) is 5.75 Å². The first-order valence-corrected chi connectivity index (χ1v) is 10.1. The van der Waals surface area contributed by atoms with Crippen molar-refractivity contribution in [1.82, 2.24) is 0 Å². The van der Waals surface area contributed by atoms with Crippen LogP contribution < -0.4 is 15.4 Å². The van der Waals surface area contributed by atoms with Gasteiger partial charge in [-0.3, -0.25) is 4.79 Å². The van der Waals surface area contributed by atoms with Crippen LogP contribution in [0.4, 0.5) is 11.4 Å². The number of hydrogen-bond donors (Lipinski definition) is 2. The Morgan fingerprint density at radius 3 is 2.41 bits per heavy atom. The van der Waals surface area contributed by atoms with Crippen LogP contribution in [0.5, 0.6) is 5.75 Å². The van der Waals surface area contributed by atoms with Crippen LogP contribution in [-0.2, 0) is 11.2 Å². The molecule has 0 bridgehead atoms. The molecule has 2 N–H and O–H groups in total. The van der Waals surface area contributed by atoms with E-state index in [1.165, 1.54) is 11.6 Å². The summed E-state index contributed by atoms with van der Waals surface area (Å²) < 4.78 is 5.79. The number of carbonyl (C=O) groups excluding carboxylic acids is 1. The van der Waals surface area contributed by atoms with E-state index in [0.717, 1.165) is 6.42 Å².